The van der Waals surface area contributed by atoms with Crippen molar-refractivity contribution in [3.8, 4) is 6.07 Å². The molecule has 2 aliphatic rings. The molecule has 1 aromatic carbocycles. The van der Waals surface area contributed by atoms with Gasteiger partial charge in [0.25, 0.3) is 0 Å². The van der Waals surface area contributed by atoms with Crippen LogP contribution in [0.15, 0.2) is 48.7 Å². The van der Waals surface area contributed by atoms with Gasteiger partial charge in [-0.1, -0.05) is 18.2 Å². The number of hydrogen-bond acceptors (Lipinski definition) is 4. The third-order valence-electron chi connectivity index (χ3n) is 6.49. The normalized spacial score (nSPS) is 19.3. The van der Waals surface area contributed by atoms with Crippen LogP contribution in [0.1, 0.15) is 42.5 Å². The van der Waals surface area contributed by atoms with Crippen molar-refractivity contribution in [3.05, 3.63) is 65.5 Å². The first-order valence-corrected chi connectivity index (χ1v) is 10.5. The van der Waals surface area contributed by atoms with Gasteiger partial charge < -0.3 is 4.90 Å². The average Bonchev–Trinajstić information content (AvgIpc) is 2.77. The van der Waals surface area contributed by atoms with Crippen LogP contribution < -0.4 is 0 Å². The van der Waals surface area contributed by atoms with E-state index < -0.39 is 0 Å². The van der Waals surface area contributed by atoms with E-state index in [2.05, 4.69) is 26.9 Å². The number of pyridine rings is 1. The zero-order chi connectivity index (χ0) is 20.1. The number of benzene rings is 1. The summed E-state index contributed by atoms with van der Waals surface area (Å²) < 4.78 is 0. The maximum atomic E-state index is 12.5. The first-order chi connectivity index (χ1) is 14.2. The SMILES string of the molecule is N#Cc1cccc(CN2CCC3(CCC(=O)N(CCc4ccccn4)C3)CC2)c1. The van der Waals surface area contributed by atoms with Gasteiger partial charge in [0.2, 0.25) is 5.91 Å². The summed E-state index contributed by atoms with van der Waals surface area (Å²) in [5.74, 6) is 0.294. The second kappa shape index (κ2) is 8.75. The van der Waals surface area contributed by atoms with E-state index in [9.17, 15) is 4.79 Å². The Labute approximate surface area is 173 Å². The van der Waals surface area contributed by atoms with Gasteiger partial charge in [-0.15, -0.1) is 0 Å². The van der Waals surface area contributed by atoms with E-state index in [1.54, 1.807) is 0 Å². The number of carbonyl (C=O) groups is 1. The monoisotopic (exact) mass is 388 g/mol. The van der Waals surface area contributed by atoms with Gasteiger partial charge in [-0.2, -0.15) is 5.26 Å². The molecule has 5 heteroatoms. The van der Waals surface area contributed by atoms with Crippen molar-refractivity contribution in [3.63, 3.8) is 0 Å². The molecule has 0 saturated carbocycles. The van der Waals surface area contributed by atoms with E-state index in [4.69, 9.17) is 5.26 Å². The van der Waals surface area contributed by atoms with Crippen molar-refractivity contribution >= 4 is 5.91 Å². The lowest BCUT2D eigenvalue weighted by atomic mass is 9.72. The van der Waals surface area contributed by atoms with E-state index in [1.165, 1.54) is 5.56 Å². The molecule has 5 nitrogen and oxygen atoms in total. The average molecular weight is 389 g/mol. The van der Waals surface area contributed by atoms with Crippen molar-refractivity contribution in [2.24, 2.45) is 5.41 Å². The number of amides is 1. The minimum absolute atomic E-state index is 0.267. The Morgan fingerprint density at radius 2 is 1.97 bits per heavy atom. The number of aromatic nitrogens is 1. The number of likely N-dealkylation sites (tertiary alicyclic amines) is 2. The molecule has 0 bridgehead atoms. The number of nitriles is 1. The molecule has 2 aliphatic heterocycles. The van der Waals surface area contributed by atoms with Crippen LogP contribution in [0.25, 0.3) is 0 Å². The summed E-state index contributed by atoms with van der Waals surface area (Å²) in [6, 6.07) is 16.1. The first-order valence-electron chi connectivity index (χ1n) is 10.5. The van der Waals surface area contributed by atoms with E-state index in [0.29, 0.717) is 12.3 Å². The predicted molar refractivity (Wildman–Crippen MR) is 112 cm³/mol. The van der Waals surface area contributed by atoms with Gasteiger partial charge in [0.05, 0.1) is 11.6 Å². The number of nitrogens with zero attached hydrogens (tertiary/aromatic N) is 4. The number of hydrogen-bond donors (Lipinski definition) is 0. The summed E-state index contributed by atoms with van der Waals surface area (Å²) in [7, 11) is 0. The summed E-state index contributed by atoms with van der Waals surface area (Å²) in [6.45, 7) is 4.66. The summed E-state index contributed by atoms with van der Waals surface area (Å²) in [6.07, 6.45) is 6.60. The Morgan fingerprint density at radius 3 is 2.72 bits per heavy atom. The lowest BCUT2D eigenvalue weighted by Crippen LogP contribution is -2.51. The van der Waals surface area contributed by atoms with Crippen molar-refractivity contribution < 1.29 is 4.79 Å². The Morgan fingerprint density at radius 1 is 1.10 bits per heavy atom. The summed E-state index contributed by atoms with van der Waals surface area (Å²) in [4.78, 5) is 21.4. The van der Waals surface area contributed by atoms with Crippen LogP contribution in [-0.4, -0.2) is 46.9 Å². The smallest absolute Gasteiger partial charge is 0.222 e. The van der Waals surface area contributed by atoms with E-state index in [0.717, 1.165) is 69.7 Å². The van der Waals surface area contributed by atoms with Crippen LogP contribution in [0.2, 0.25) is 0 Å². The molecule has 0 aliphatic carbocycles. The van der Waals surface area contributed by atoms with Gasteiger partial charge in [0.1, 0.15) is 0 Å². The molecule has 2 fully saturated rings. The molecule has 29 heavy (non-hydrogen) atoms. The molecule has 150 valence electrons. The molecule has 0 unspecified atom stereocenters. The van der Waals surface area contributed by atoms with E-state index in [1.807, 2.05) is 42.6 Å². The van der Waals surface area contributed by atoms with Gasteiger partial charge in [-0.3, -0.25) is 14.7 Å². The number of carbonyl (C=O) groups excluding carboxylic acids is 1. The second-order valence-corrected chi connectivity index (χ2v) is 8.47. The topological polar surface area (TPSA) is 60.2 Å². The number of rotatable bonds is 5. The fourth-order valence-corrected chi connectivity index (χ4v) is 4.69. The molecule has 3 heterocycles. The molecular weight excluding hydrogens is 360 g/mol. The molecule has 1 aromatic heterocycles. The van der Waals surface area contributed by atoms with Crippen LogP contribution in [0.3, 0.4) is 0 Å². The lowest BCUT2D eigenvalue weighted by Gasteiger charge is -2.47. The summed E-state index contributed by atoms with van der Waals surface area (Å²) in [5, 5.41) is 9.10. The highest BCUT2D eigenvalue weighted by molar-refractivity contribution is 5.77. The molecule has 2 aromatic rings. The second-order valence-electron chi connectivity index (χ2n) is 8.47. The van der Waals surface area contributed by atoms with Crippen LogP contribution in [0.5, 0.6) is 0 Å². The first kappa shape index (κ1) is 19.6. The summed E-state index contributed by atoms with van der Waals surface area (Å²) in [5.41, 5.74) is 3.25. The fraction of sp³-hybridized carbons (Fsp3) is 0.458. The standard InChI is InChI=1S/C24H28N4O/c25-17-20-4-3-5-21(16-20)18-27-14-10-24(11-15-27)9-7-23(29)28(19-24)13-8-22-6-1-2-12-26-22/h1-6,12,16H,7-11,13-15,18-19H2. The highest BCUT2D eigenvalue weighted by atomic mass is 16.2. The molecule has 0 radical (unpaired) electrons. The molecule has 1 spiro atoms. The zero-order valence-corrected chi connectivity index (χ0v) is 16.9. The van der Waals surface area contributed by atoms with E-state index in [-0.39, 0.29) is 5.41 Å². The molecule has 0 N–H and O–H groups in total. The van der Waals surface area contributed by atoms with Crippen LogP contribution in [0.4, 0.5) is 0 Å². The van der Waals surface area contributed by atoms with Gasteiger partial charge >= 0.3 is 0 Å². The minimum atomic E-state index is 0.267. The minimum Gasteiger partial charge on any atom is -0.342 e. The van der Waals surface area contributed by atoms with E-state index >= 15 is 0 Å². The van der Waals surface area contributed by atoms with Crippen molar-refractivity contribution in [2.75, 3.05) is 26.2 Å². The Kier molecular flexibility index (Phi) is 5.92. The van der Waals surface area contributed by atoms with Gasteiger partial charge in [-0.25, -0.2) is 0 Å². The zero-order valence-electron chi connectivity index (χ0n) is 16.9. The molecular formula is C24H28N4O. The fourth-order valence-electron chi connectivity index (χ4n) is 4.69. The maximum absolute atomic E-state index is 12.5. The molecule has 4 rings (SSSR count). The predicted octanol–water partition coefficient (Wildman–Crippen LogP) is 3.40. The molecule has 2 saturated heterocycles. The lowest BCUT2D eigenvalue weighted by molar-refractivity contribution is -0.139. The van der Waals surface area contributed by atoms with Gasteiger partial charge in [0, 0.05) is 44.4 Å². The van der Waals surface area contributed by atoms with Crippen LogP contribution in [0, 0.1) is 16.7 Å². The third-order valence-corrected chi connectivity index (χ3v) is 6.49. The Balaban J connectivity index is 1.32. The Hall–Kier alpha value is -2.71. The molecule has 1 amide bonds. The van der Waals surface area contributed by atoms with Crippen LogP contribution in [-0.2, 0) is 17.8 Å². The van der Waals surface area contributed by atoms with Crippen molar-refractivity contribution in [2.45, 2.75) is 38.6 Å². The Bertz CT molecular complexity index is 881. The highest BCUT2D eigenvalue weighted by Gasteiger charge is 2.40. The summed E-state index contributed by atoms with van der Waals surface area (Å²) >= 11 is 0. The van der Waals surface area contributed by atoms with Crippen molar-refractivity contribution in [1.29, 1.82) is 5.26 Å². The van der Waals surface area contributed by atoms with Gasteiger partial charge in [0.15, 0.2) is 0 Å². The van der Waals surface area contributed by atoms with Crippen LogP contribution >= 0.6 is 0 Å². The largest absolute Gasteiger partial charge is 0.342 e. The third kappa shape index (κ3) is 4.83. The van der Waals surface area contributed by atoms with Crippen molar-refractivity contribution in [1.82, 2.24) is 14.8 Å². The molecule has 0 atom stereocenters. The van der Waals surface area contributed by atoms with Gasteiger partial charge in [-0.05, 0) is 67.6 Å². The number of piperidine rings is 2. The maximum Gasteiger partial charge on any atom is 0.222 e. The quantitative estimate of drug-likeness (QED) is 0.788. The highest BCUT2D eigenvalue weighted by Crippen LogP contribution is 2.40.